The van der Waals surface area contributed by atoms with Crippen LogP contribution in [0.1, 0.15) is 27.7 Å². The Bertz CT molecular complexity index is 600. The van der Waals surface area contributed by atoms with Crippen LogP contribution in [0.15, 0.2) is 34.1 Å². The molecule has 20 heavy (non-hydrogen) atoms. The standard InChI is InChI=1S/C12H18O6S2/c1-9(2)17-19(13,14)11-7-5-6-8-12(11)20(15,16)18-10(3)4/h5-10H,1-4H3. The lowest BCUT2D eigenvalue weighted by atomic mass is 10.4. The molecule has 114 valence electrons. The van der Waals surface area contributed by atoms with Gasteiger partial charge in [-0.15, -0.1) is 0 Å². The lowest BCUT2D eigenvalue weighted by molar-refractivity contribution is 0.242. The van der Waals surface area contributed by atoms with Crippen molar-refractivity contribution in [3.8, 4) is 0 Å². The van der Waals surface area contributed by atoms with E-state index in [1.165, 1.54) is 24.3 Å². The van der Waals surface area contributed by atoms with Crippen LogP contribution in [0, 0.1) is 0 Å². The van der Waals surface area contributed by atoms with E-state index in [9.17, 15) is 16.8 Å². The van der Waals surface area contributed by atoms with E-state index in [0.29, 0.717) is 0 Å². The molecule has 0 unspecified atom stereocenters. The normalized spacial score (nSPS) is 13.1. The van der Waals surface area contributed by atoms with Gasteiger partial charge in [0, 0.05) is 0 Å². The van der Waals surface area contributed by atoms with Crippen molar-refractivity contribution in [1.82, 2.24) is 0 Å². The highest BCUT2D eigenvalue weighted by Crippen LogP contribution is 2.25. The van der Waals surface area contributed by atoms with Crippen molar-refractivity contribution in [1.29, 1.82) is 0 Å². The Kier molecular flexibility index (Phi) is 5.31. The number of hydrogen-bond donors (Lipinski definition) is 0. The van der Waals surface area contributed by atoms with E-state index in [1.807, 2.05) is 0 Å². The second kappa shape index (κ2) is 6.21. The average molecular weight is 322 g/mol. The van der Waals surface area contributed by atoms with Gasteiger partial charge in [-0.3, -0.25) is 8.37 Å². The molecule has 0 saturated carbocycles. The van der Waals surface area contributed by atoms with Crippen LogP contribution < -0.4 is 0 Å². The lowest BCUT2D eigenvalue weighted by Gasteiger charge is -2.14. The minimum Gasteiger partial charge on any atom is -0.264 e. The number of benzene rings is 1. The Morgan fingerprint density at radius 3 is 1.30 bits per heavy atom. The van der Waals surface area contributed by atoms with E-state index in [-0.39, 0.29) is 0 Å². The van der Waals surface area contributed by atoms with E-state index in [1.54, 1.807) is 27.7 Å². The maximum Gasteiger partial charge on any atom is 0.298 e. The topological polar surface area (TPSA) is 86.7 Å². The lowest BCUT2D eigenvalue weighted by Crippen LogP contribution is -2.18. The zero-order valence-electron chi connectivity index (χ0n) is 11.7. The van der Waals surface area contributed by atoms with Gasteiger partial charge in [0.15, 0.2) is 0 Å². The third-order valence-corrected chi connectivity index (χ3v) is 5.22. The molecule has 0 aliphatic carbocycles. The van der Waals surface area contributed by atoms with Gasteiger partial charge in [-0.25, -0.2) is 0 Å². The fourth-order valence-corrected chi connectivity index (χ4v) is 4.43. The molecule has 1 aromatic carbocycles. The predicted octanol–water partition coefficient (Wildman–Crippen LogP) is 1.91. The molecule has 0 N–H and O–H groups in total. The van der Waals surface area contributed by atoms with Gasteiger partial charge in [0.25, 0.3) is 20.2 Å². The van der Waals surface area contributed by atoms with Gasteiger partial charge >= 0.3 is 0 Å². The molecule has 0 aromatic heterocycles. The predicted molar refractivity (Wildman–Crippen MR) is 73.3 cm³/mol. The number of rotatable bonds is 6. The molecular formula is C12H18O6S2. The summed E-state index contributed by atoms with van der Waals surface area (Å²) in [6.45, 7) is 6.16. The first kappa shape index (κ1) is 17.1. The van der Waals surface area contributed by atoms with Crippen LogP contribution in [0.25, 0.3) is 0 Å². The van der Waals surface area contributed by atoms with E-state index in [4.69, 9.17) is 8.37 Å². The zero-order chi connectivity index (χ0) is 15.6. The van der Waals surface area contributed by atoms with Crippen molar-refractivity contribution in [2.75, 3.05) is 0 Å². The zero-order valence-corrected chi connectivity index (χ0v) is 13.4. The summed E-state index contributed by atoms with van der Waals surface area (Å²) in [4.78, 5) is -0.844. The van der Waals surface area contributed by atoms with Gasteiger partial charge in [0.05, 0.1) is 12.2 Å². The van der Waals surface area contributed by atoms with Crippen LogP contribution in [-0.2, 0) is 28.6 Å². The maximum absolute atomic E-state index is 12.1. The molecule has 0 amide bonds. The summed E-state index contributed by atoms with van der Waals surface area (Å²) >= 11 is 0. The molecule has 0 atom stereocenters. The number of hydrogen-bond acceptors (Lipinski definition) is 6. The van der Waals surface area contributed by atoms with Crippen LogP contribution in [0.2, 0.25) is 0 Å². The monoisotopic (exact) mass is 322 g/mol. The van der Waals surface area contributed by atoms with Crippen molar-refractivity contribution in [2.24, 2.45) is 0 Å². The molecule has 0 bridgehead atoms. The molecule has 0 saturated heterocycles. The molecule has 1 rings (SSSR count). The third kappa shape index (κ3) is 4.27. The highest BCUT2D eigenvalue weighted by molar-refractivity contribution is 7.90. The Morgan fingerprint density at radius 1 is 0.750 bits per heavy atom. The Balaban J connectivity index is 3.39. The smallest absolute Gasteiger partial charge is 0.264 e. The summed E-state index contributed by atoms with van der Waals surface area (Å²) in [5, 5.41) is 0. The molecular weight excluding hydrogens is 304 g/mol. The molecule has 6 nitrogen and oxygen atoms in total. The molecule has 0 radical (unpaired) electrons. The van der Waals surface area contributed by atoms with Crippen LogP contribution in [-0.4, -0.2) is 29.0 Å². The van der Waals surface area contributed by atoms with E-state index >= 15 is 0 Å². The first-order chi connectivity index (χ1) is 9.06. The van der Waals surface area contributed by atoms with Crippen molar-refractivity contribution in [2.45, 2.75) is 49.7 Å². The van der Waals surface area contributed by atoms with Crippen molar-refractivity contribution in [3.05, 3.63) is 24.3 Å². The third-order valence-electron chi connectivity index (χ3n) is 2.03. The molecule has 0 fully saturated rings. The molecule has 0 aliphatic rings. The van der Waals surface area contributed by atoms with Gasteiger partial charge in [0.1, 0.15) is 9.79 Å². The fraction of sp³-hybridized carbons (Fsp3) is 0.500. The van der Waals surface area contributed by atoms with Crippen LogP contribution >= 0.6 is 0 Å². The van der Waals surface area contributed by atoms with E-state index in [0.717, 1.165) is 0 Å². The summed E-state index contributed by atoms with van der Waals surface area (Å²) < 4.78 is 57.8. The van der Waals surface area contributed by atoms with Gasteiger partial charge < -0.3 is 0 Å². The van der Waals surface area contributed by atoms with E-state index < -0.39 is 42.2 Å². The second-order valence-electron chi connectivity index (χ2n) is 4.64. The highest BCUT2D eigenvalue weighted by Gasteiger charge is 2.29. The highest BCUT2D eigenvalue weighted by atomic mass is 32.2. The summed E-state index contributed by atoms with van der Waals surface area (Å²) in [7, 11) is -8.34. The molecule has 8 heteroatoms. The Hall–Kier alpha value is -0.960. The minimum atomic E-state index is -4.17. The van der Waals surface area contributed by atoms with Crippen LogP contribution in [0.4, 0.5) is 0 Å². The summed E-state index contributed by atoms with van der Waals surface area (Å²) in [5.41, 5.74) is 0. The van der Waals surface area contributed by atoms with Crippen LogP contribution in [0.3, 0.4) is 0 Å². The molecule has 1 aromatic rings. The van der Waals surface area contributed by atoms with Gasteiger partial charge in [-0.05, 0) is 39.8 Å². The second-order valence-corrected chi connectivity index (χ2v) is 7.73. The first-order valence-corrected chi connectivity index (χ1v) is 8.83. The van der Waals surface area contributed by atoms with E-state index in [2.05, 4.69) is 0 Å². The summed E-state index contributed by atoms with van der Waals surface area (Å²) in [6, 6.07) is 5.19. The Labute approximate surface area is 120 Å². The van der Waals surface area contributed by atoms with Crippen molar-refractivity contribution in [3.63, 3.8) is 0 Å². The fourth-order valence-electron chi connectivity index (χ4n) is 1.47. The SMILES string of the molecule is CC(C)OS(=O)(=O)c1ccccc1S(=O)(=O)OC(C)C. The molecule has 0 heterocycles. The van der Waals surface area contributed by atoms with Gasteiger partial charge in [-0.1, -0.05) is 12.1 Å². The quantitative estimate of drug-likeness (QED) is 0.744. The Morgan fingerprint density at radius 2 is 1.05 bits per heavy atom. The van der Waals surface area contributed by atoms with Crippen molar-refractivity contribution < 1.29 is 25.2 Å². The van der Waals surface area contributed by atoms with Crippen molar-refractivity contribution >= 4 is 20.2 Å². The molecule has 0 spiro atoms. The average Bonchev–Trinajstić information content (AvgIpc) is 2.25. The molecule has 0 aliphatic heterocycles. The summed E-state index contributed by atoms with van der Waals surface area (Å²) in [6.07, 6.45) is -1.19. The van der Waals surface area contributed by atoms with Gasteiger partial charge in [-0.2, -0.15) is 16.8 Å². The largest absolute Gasteiger partial charge is 0.298 e. The minimum absolute atomic E-state index is 0.422. The summed E-state index contributed by atoms with van der Waals surface area (Å²) in [5.74, 6) is 0. The first-order valence-electron chi connectivity index (χ1n) is 6.02. The maximum atomic E-state index is 12.1. The van der Waals surface area contributed by atoms with Gasteiger partial charge in [0.2, 0.25) is 0 Å². The van der Waals surface area contributed by atoms with Crippen LogP contribution in [0.5, 0.6) is 0 Å².